The van der Waals surface area contributed by atoms with Crippen LogP contribution < -0.4 is 0 Å². The van der Waals surface area contributed by atoms with Crippen molar-refractivity contribution < 1.29 is 14.7 Å². The van der Waals surface area contributed by atoms with Crippen molar-refractivity contribution in [2.75, 3.05) is 33.3 Å². The van der Waals surface area contributed by atoms with Crippen molar-refractivity contribution in [3.63, 3.8) is 0 Å². The number of para-hydroxylation sites is 1. The summed E-state index contributed by atoms with van der Waals surface area (Å²) >= 11 is 0. The monoisotopic (exact) mass is 404 g/mol. The van der Waals surface area contributed by atoms with E-state index in [1.54, 1.807) is 31.6 Å². The lowest BCUT2D eigenvalue weighted by Gasteiger charge is -2.19. The van der Waals surface area contributed by atoms with Crippen LogP contribution in [0.4, 0.5) is 0 Å². The fraction of sp³-hybridized carbons (Fsp3) is 0.304. The van der Waals surface area contributed by atoms with Gasteiger partial charge in [-0.05, 0) is 30.7 Å². The van der Waals surface area contributed by atoms with Crippen molar-refractivity contribution in [1.29, 1.82) is 0 Å². The Morgan fingerprint density at radius 2 is 2.07 bits per heavy atom. The molecule has 1 N–H and O–H groups in total. The lowest BCUT2D eigenvalue weighted by Crippen LogP contribution is -2.30. The number of carbonyl (C=O) groups is 2. The van der Waals surface area contributed by atoms with Crippen molar-refractivity contribution in [2.45, 2.75) is 12.3 Å². The van der Waals surface area contributed by atoms with E-state index in [4.69, 9.17) is 4.98 Å². The molecule has 1 atom stereocenters. The second-order valence-corrected chi connectivity index (χ2v) is 7.54. The van der Waals surface area contributed by atoms with Crippen LogP contribution in [0.3, 0.4) is 0 Å². The van der Waals surface area contributed by atoms with Gasteiger partial charge >= 0.3 is 0 Å². The molecule has 0 aliphatic carbocycles. The molecule has 154 valence electrons. The van der Waals surface area contributed by atoms with Gasteiger partial charge in [-0.25, -0.2) is 0 Å². The van der Waals surface area contributed by atoms with Crippen LogP contribution in [-0.4, -0.2) is 70.0 Å². The molecule has 2 amide bonds. The summed E-state index contributed by atoms with van der Waals surface area (Å²) in [7, 11) is 1.68. The van der Waals surface area contributed by atoms with Gasteiger partial charge < -0.3 is 14.9 Å². The summed E-state index contributed by atoms with van der Waals surface area (Å²) in [6.45, 7) is 1.37. The zero-order chi connectivity index (χ0) is 21.1. The predicted molar refractivity (Wildman–Crippen MR) is 113 cm³/mol. The van der Waals surface area contributed by atoms with E-state index in [9.17, 15) is 14.7 Å². The standard InChI is InChI=1S/C23H24N4O3/c1-26(11-12-28)23(30)19-13-21(25-20-7-3-2-6-18(19)20)17-8-10-27(15-17)22(29)16-5-4-9-24-14-16/h2-7,9,13-14,17,28H,8,10-12,15H2,1H3. The molecular formula is C23H24N4O3. The van der Waals surface area contributed by atoms with Crippen LogP contribution in [-0.2, 0) is 0 Å². The van der Waals surface area contributed by atoms with E-state index < -0.39 is 0 Å². The molecule has 30 heavy (non-hydrogen) atoms. The van der Waals surface area contributed by atoms with E-state index in [1.165, 1.54) is 4.90 Å². The number of rotatable bonds is 5. The SMILES string of the molecule is CN(CCO)C(=O)c1cc(C2CCN(C(=O)c3cccnc3)C2)nc2ccccc12. The number of hydrogen-bond acceptors (Lipinski definition) is 5. The maximum Gasteiger partial charge on any atom is 0.255 e. The maximum absolute atomic E-state index is 13.0. The minimum Gasteiger partial charge on any atom is -0.395 e. The molecule has 1 aromatic carbocycles. The van der Waals surface area contributed by atoms with Gasteiger partial charge in [0, 0.05) is 56.1 Å². The smallest absolute Gasteiger partial charge is 0.255 e. The number of likely N-dealkylation sites (tertiary alicyclic amines) is 1. The Kier molecular flexibility index (Phi) is 5.72. The highest BCUT2D eigenvalue weighted by molar-refractivity contribution is 6.06. The Morgan fingerprint density at radius 1 is 1.23 bits per heavy atom. The second kappa shape index (κ2) is 8.59. The number of likely N-dealkylation sites (N-methyl/N-ethyl adjacent to an activating group) is 1. The lowest BCUT2D eigenvalue weighted by molar-refractivity contribution is 0.0766. The van der Waals surface area contributed by atoms with E-state index in [2.05, 4.69) is 4.98 Å². The van der Waals surface area contributed by atoms with Gasteiger partial charge in [0.1, 0.15) is 0 Å². The van der Waals surface area contributed by atoms with Crippen molar-refractivity contribution in [3.05, 3.63) is 71.7 Å². The topological polar surface area (TPSA) is 86.6 Å². The first-order valence-electron chi connectivity index (χ1n) is 10.0. The number of pyridine rings is 2. The van der Waals surface area contributed by atoms with Crippen molar-refractivity contribution in [3.8, 4) is 0 Å². The summed E-state index contributed by atoms with van der Waals surface area (Å²) in [4.78, 5) is 37.9. The number of aliphatic hydroxyl groups is 1. The fourth-order valence-electron chi connectivity index (χ4n) is 3.90. The zero-order valence-corrected chi connectivity index (χ0v) is 16.9. The minimum atomic E-state index is -0.148. The summed E-state index contributed by atoms with van der Waals surface area (Å²) in [5.74, 6) is -0.125. The average Bonchev–Trinajstić information content (AvgIpc) is 3.28. The van der Waals surface area contributed by atoms with Crippen LogP contribution in [0.2, 0.25) is 0 Å². The molecule has 0 bridgehead atoms. The normalized spacial score (nSPS) is 16.1. The van der Waals surface area contributed by atoms with E-state index in [1.807, 2.05) is 35.2 Å². The molecule has 7 heteroatoms. The molecule has 2 aromatic heterocycles. The molecule has 3 aromatic rings. The van der Waals surface area contributed by atoms with Gasteiger partial charge in [0.25, 0.3) is 11.8 Å². The van der Waals surface area contributed by atoms with Gasteiger partial charge in [0.2, 0.25) is 0 Å². The Hall–Kier alpha value is -3.32. The van der Waals surface area contributed by atoms with Crippen molar-refractivity contribution in [2.24, 2.45) is 0 Å². The molecule has 1 aliphatic rings. The average molecular weight is 404 g/mol. The summed E-state index contributed by atoms with van der Waals surface area (Å²) in [5.41, 5.74) is 2.72. The van der Waals surface area contributed by atoms with Crippen LogP contribution in [0.1, 0.15) is 38.7 Å². The zero-order valence-electron chi connectivity index (χ0n) is 16.9. The van der Waals surface area contributed by atoms with Gasteiger partial charge in [-0.1, -0.05) is 18.2 Å². The lowest BCUT2D eigenvalue weighted by atomic mass is 9.99. The third kappa shape index (κ3) is 3.89. The van der Waals surface area contributed by atoms with Crippen LogP contribution in [0, 0.1) is 0 Å². The molecular weight excluding hydrogens is 380 g/mol. The van der Waals surface area contributed by atoms with Crippen molar-refractivity contribution in [1.82, 2.24) is 19.8 Å². The summed E-state index contributed by atoms with van der Waals surface area (Å²) in [5, 5.41) is 9.99. The van der Waals surface area contributed by atoms with Gasteiger partial charge in [-0.2, -0.15) is 0 Å². The van der Waals surface area contributed by atoms with Crippen LogP contribution in [0.5, 0.6) is 0 Å². The largest absolute Gasteiger partial charge is 0.395 e. The van der Waals surface area contributed by atoms with Gasteiger partial charge in [0.05, 0.1) is 23.3 Å². The first-order valence-corrected chi connectivity index (χ1v) is 10.0. The van der Waals surface area contributed by atoms with E-state index in [0.717, 1.165) is 23.0 Å². The minimum absolute atomic E-state index is 0.0367. The number of nitrogens with zero attached hydrogens (tertiary/aromatic N) is 4. The maximum atomic E-state index is 13.0. The van der Waals surface area contributed by atoms with Gasteiger partial charge in [-0.3, -0.25) is 19.6 Å². The molecule has 7 nitrogen and oxygen atoms in total. The fourth-order valence-corrected chi connectivity index (χ4v) is 3.90. The first-order chi connectivity index (χ1) is 14.6. The molecule has 0 saturated carbocycles. The van der Waals surface area contributed by atoms with Crippen LogP contribution in [0.15, 0.2) is 54.9 Å². The molecule has 1 fully saturated rings. The number of carbonyl (C=O) groups excluding carboxylic acids is 2. The summed E-state index contributed by atoms with van der Waals surface area (Å²) in [6.07, 6.45) is 4.02. The Bertz CT molecular complexity index is 1070. The number of aromatic nitrogens is 2. The van der Waals surface area contributed by atoms with Gasteiger partial charge in [-0.15, -0.1) is 0 Å². The number of amides is 2. The first kappa shape index (κ1) is 20.0. The third-order valence-electron chi connectivity index (χ3n) is 5.55. The summed E-state index contributed by atoms with van der Waals surface area (Å²) in [6, 6.07) is 12.9. The van der Waals surface area contributed by atoms with E-state index >= 15 is 0 Å². The molecule has 3 heterocycles. The quantitative estimate of drug-likeness (QED) is 0.705. The second-order valence-electron chi connectivity index (χ2n) is 7.54. The molecule has 0 radical (unpaired) electrons. The molecule has 1 unspecified atom stereocenters. The number of fused-ring (bicyclic) bond motifs is 1. The highest BCUT2D eigenvalue weighted by Gasteiger charge is 2.30. The van der Waals surface area contributed by atoms with Gasteiger partial charge in [0.15, 0.2) is 0 Å². The van der Waals surface area contributed by atoms with Crippen LogP contribution >= 0.6 is 0 Å². The van der Waals surface area contributed by atoms with E-state index in [-0.39, 0.29) is 30.9 Å². The highest BCUT2D eigenvalue weighted by Crippen LogP contribution is 2.30. The van der Waals surface area contributed by atoms with E-state index in [0.29, 0.717) is 24.2 Å². The molecule has 1 aliphatic heterocycles. The molecule has 1 saturated heterocycles. The third-order valence-corrected chi connectivity index (χ3v) is 5.55. The Balaban J connectivity index is 1.63. The summed E-state index contributed by atoms with van der Waals surface area (Å²) < 4.78 is 0. The highest BCUT2D eigenvalue weighted by atomic mass is 16.3. The van der Waals surface area contributed by atoms with Crippen LogP contribution in [0.25, 0.3) is 10.9 Å². The van der Waals surface area contributed by atoms with Crippen molar-refractivity contribution >= 4 is 22.7 Å². The molecule has 0 spiro atoms. The predicted octanol–water partition coefficient (Wildman–Crippen LogP) is 2.32. The Morgan fingerprint density at radius 3 is 2.83 bits per heavy atom. The Labute approximate surface area is 175 Å². The molecule has 4 rings (SSSR count). The number of benzene rings is 1. The number of hydrogen-bond donors (Lipinski definition) is 1. The number of aliphatic hydroxyl groups excluding tert-OH is 1.